The second-order valence-corrected chi connectivity index (χ2v) is 8.07. The van der Waals surface area contributed by atoms with E-state index >= 15 is 0 Å². The zero-order chi connectivity index (χ0) is 19.4. The monoisotopic (exact) mass is 400 g/mol. The van der Waals surface area contributed by atoms with E-state index in [1.807, 2.05) is 49.7 Å². The van der Waals surface area contributed by atoms with E-state index in [1.165, 1.54) is 17.3 Å². The third kappa shape index (κ3) is 4.90. The van der Waals surface area contributed by atoms with E-state index in [0.717, 1.165) is 17.1 Å². The summed E-state index contributed by atoms with van der Waals surface area (Å²) in [5.41, 5.74) is 2.86. The molecule has 1 heterocycles. The molecule has 0 radical (unpaired) electrons. The van der Waals surface area contributed by atoms with Crippen LogP contribution in [0.2, 0.25) is 5.02 Å². The topological polar surface area (TPSA) is 59.8 Å². The summed E-state index contributed by atoms with van der Waals surface area (Å²) in [5.74, 6) is 0.764. The normalized spacial score (nSPS) is 12.0. The summed E-state index contributed by atoms with van der Waals surface area (Å²) < 4.78 is 1.94. The highest BCUT2D eigenvalue weighted by atomic mass is 35.5. The molecule has 0 aliphatic carbocycles. The largest absolute Gasteiger partial charge is 0.325 e. The van der Waals surface area contributed by atoms with Crippen LogP contribution < -0.4 is 5.32 Å². The minimum absolute atomic E-state index is 0.0991. The minimum Gasteiger partial charge on any atom is -0.325 e. The smallest absolute Gasteiger partial charge is 0.237 e. The van der Waals surface area contributed by atoms with E-state index in [1.54, 1.807) is 12.1 Å². The van der Waals surface area contributed by atoms with Crippen LogP contribution in [-0.4, -0.2) is 25.9 Å². The fourth-order valence-electron chi connectivity index (χ4n) is 2.55. The molecule has 1 amide bonds. The summed E-state index contributed by atoms with van der Waals surface area (Å²) in [7, 11) is 1.92. The second kappa shape index (κ2) is 8.59. The Morgan fingerprint density at radius 2 is 1.96 bits per heavy atom. The van der Waals surface area contributed by atoms with Crippen LogP contribution in [0.15, 0.2) is 53.7 Å². The van der Waals surface area contributed by atoms with Gasteiger partial charge in [-0.1, -0.05) is 59.8 Å². The fourth-order valence-corrected chi connectivity index (χ4v) is 3.56. The molecule has 0 saturated heterocycles. The number of rotatable bonds is 6. The number of hydrogen-bond acceptors (Lipinski definition) is 4. The molecule has 27 heavy (non-hydrogen) atoms. The van der Waals surface area contributed by atoms with Crippen LogP contribution in [0.4, 0.5) is 5.69 Å². The molecule has 2 aromatic carbocycles. The molecule has 0 spiro atoms. The van der Waals surface area contributed by atoms with Gasteiger partial charge < -0.3 is 9.88 Å². The molecule has 3 aromatic rings. The Morgan fingerprint density at radius 1 is 1.22 bits per heavy atom. The zero-order valence-corrected chi connectivity index (χ0v) is 17.0. The van der Waals surface area contributed by atoms with Gasteiger partial charge in [0.2, 0.25) is 5.91 Å². The number of thioether (sulfide) groups is 1. The van der Waals surface area contributed by atoms with Gasteiger partial charge in [-0.15, -0.1) is 10.2 Å². The van der Waals surface area contributed by atoms with Gasteiger partial charge in [0.05, 0.1) is 5.25 Å². The van der Waals surface area contributed by atoms with Crippen molar-refractivity contribution < 1.29 is 4.79 Å². The number of amides is 1. The van der Waals surface area contributed by atoms with Gasteiger partial charge in [-0.25, -0.2) is 0 Å². The van der Waals surface area contributed by atoms with E-state index < -0.39 is 0 Å². The van der Waals surface area contributed by atoms with Crippen molar-refractivity contribution in [1.82, 2.24) is 14.8 Å². The van der Waals surface area contributed by atoms with E-state index in [-0.39, 0.29) is 11.2 Å². The summed E-state index contributed by atoms with van der Waals surface area (Å²) in [6, 6.07) is 15.6. The lowest BCUT2D eigenvalue weighted by molar-refractivity contribution is -0.115. The van der Waals surface area contributed by atoms with Crippen molar-refractivity contribution in [3.05, 3.63) is 70.5 Å². The molecule has 5 nitrogen and oxygen atoms in total. The molecule has 1 aromatic heterocycles. The predicted octanol–water partition coefficient (Wildman–Crippen LogP) is 4.49. The highest BCUT2D eigenvalue weighted by molar-refractivity contribution is 8.00. The molecule has 0 aliphatic rings. The standard InChI is InChI=1S/C20H21ClN4OS/c1-13-9-10-16(21)12-17(13)22-19(26)14(2)27-20-24-23-18(25(20)3)11-15-7-5-4-6-8-15/h4-10,12,14H,11H2,1-3H3,(H,22,26)/t14-/m0/s1. The second-order valence-electron chi connectivity index (χ2n) is 6.33. The van der Waals surface area contributed by atoms with Crippen LogP contribution in [-0.2, 0) is 18.3 Å². The van der Waals surface area contributed by atoms with Gasteiger partial charge in [-0.2, -0.15) is 0 Å². The van der Waals surface area contributed by atoms with E-state index in [0.29, 0.717) is 16.6 Å². The predicted molar refractivity (Wildman–Crippen MR) is 110 cm³/mol. The third-order valence-corrected chi connectivity index (χ3v) is 5.61. The van der Waals surface area contributed by atoms with Crippen LogP contribution in [0, 0.1) is 6.92 Å². The lowest BCUT2D eigenvalue weighted by Crippen LogP contribution is -2.23. The Hall–Kier alpha value is -2.31. The molecule has 140 valence electrons. The molecule has 0 fully saturated rings. The quantitative estimate of drug-likeness (QED) is 0.619. The summed E-state index contributed by atoms with van der Waals surface area (Å²) in [6.45, 7) is 3.79. The van der Waals surface area contributed by atoms with Gasteiger partial charge in [-0.05, 0) is 37.1 Å². The molecule has 0 unspecified atom stereocenters. The average Bonchev–Trinajstić information content (AvgIpc) is 2.99. The number of carbonyl (C=O) groups is 1. The SMILES string of the molecule is Cc1ccc(Cl)cc1NC(=O)[C@H](C)Sc1nnc(Cc2ccccc2)n1C. The number of nitrogens with zero attached hydrogens (tertiary/aromatic N) is 3. The van der Waals surface area contributed by atoms with Crippen LogP contribution in [0.3, 0.4) is 0 Å². The van der Waals surface area contributed by atoms with E-state index in [2.05, 4.69) is 27.6 Å². The number of anilines is 1. The first-order valence-corrected chi connectivity index (χ1v) is 9.85. The van der Waals surface area contributed by atoms with Gasteiger partial charge in [0.1, 0.15) is 5.82 Å². The first-order valence-electron chi connectivity index (χ1n) is 8.60. The first kappa shape index (κ1) is 19.5. The molecule has 0 bridgehead atoms. The van der Waals surface area contributed by atoms with Crippen molar-refractivity contribution in [1.29, 1.82) is 0 Å². The molecular formula is C20H21ClN4OS. The van der Waals surface area contributed by atoms with Crippen molar-refractivity contribution in [3.8, 4) is 0 Å². The maximum atomic E-state index is 12.6. The van der Waals surface area contributed by atoms with Gasteiger partial charge in [0.15, 0.2) is 5.16 Å². The number of nitrogens with one attached hydrogen (secondary N) is 1. The zero-order valence-electron chi connectivity index (χ0n) is 15.4. The molecule has 3 rings (SSSR count). The summed E-state index contributed by atoms with van der Waals surface area (Å²) in [4.78, 5) is 12.6. The fraction of sp³-hybridized carbons (Fsp3) is 0.250. The Balaban J connectivity index is 1.66. The van der Waals surface area contributed by atoms with Crippen molar-refractivity contribution in [2.24, 2.45) is 7.05 Å². The third-order valence-electron chi connectivity index (χ3n) is 4.24. The number of halogens is 1. The molecule has 0 saturated carbocycles. The Labute approximate surface area is 168 Å². The lowest BCUT2D eigenvalue weighted by Gasteiger charge is -2.13. The van der Waals surface area contributed by atoms with Crippen LogP contribution in [0.5, 0.6) is 0 Å². The van der Waals surface area contributed by atoms with E-state index in [9.17, 15) is 4.79 Å². The van der Waals surface area contributed by atoms with Crippen molar-refractivity contribution in [2.45, 2.75) is 30.7 Å². The van der Waals surface area contributed by atoms with Crippen LogP contribution >= 0.6 is 23.4 Å². The van der Waals surface area contributed by atoms with Gasteiger partial charge in [0.25, 0.3) is 0 Å². The highest BCUT2D eigenvalue weighted by Crippen LogP contribution is 2.25. The lowest BCUT2D eigenvalue weighted by atomic mass is 10.1. The number of benzene rings is 2. The number of aryl methyl sites for hydroxylation is 1. The van der Waals surface area contributed by atoms with Gasteiger partial charge in [0, 0.05) is 24.2 Å². The molecule has 0 aliphatic heterocycles. The van der Waals surface area contributed by atoms with Crippen molar-refractivity contribution >= 4 is 35.0 Å². The number of aromatic nitrogens is 3. The highest BCUT2D eigenvalue weighted by Gasteiger charge is 2.19. The van der Waals surface area contributed by atoms with Gasteiger partial charge >= 0.3 is 0 Å². The van der Waals surface area contributed by atoms with Crippen LogP contribution in [0.1, 0.15) is 23.9 Å². The maximum Gasteiger partial charge on any atom is 0.237 e. The molecule has 7 heteroatoms. The first-order chi connectivity index (χ1) is 12.9. The summed E-state index contributed by atoms with van der Waals surface area (Å²) in [6.07, 6.45) is 0.702. The molecule has 1 atom stereocenters. The average molecular weight is 401 g/mol. The number of carbonyl (C=O) groups excluding carboxylic acids is 1. The van der Waals surface area contributed by atoms with E-state index in [4.69, 9.17) is 11.6 Å². The summed E-state index contributed by atoms with van der Waals surface area (Å²) >= 11 is 7.40. The Morgan fingerprint density at radius 3 is 2.70 bits per heavy atom. The minimum atomic E-state index is -0.323. The summed E-state index contributed by atoms with van der Waals surface area (Å²) in [5, 5.41) is 12.4. The molecule has 1 N–H and O–H groups in total. The Bertz CT molecular complexity index is 942. The van der Waals surface area contributed by atoms with Gasteiger partial charge in [-0.3, -0.25) is 4.79 Å². The van der Waals surface area contributed by atoms with Crippen molar-refractivity contribution in [3.63, 3.8) is 0 Å². The molecular weight excluding hydrogens is 380 g/mol. The maximum absolute atomic E-state index is 12.6. The van der Waals surface area contributed by atoms with Crippen molar-refractivity contribution in [2.75, 3.05) is 5.32 Å². The Kier molecular flexibility index (Phi) is 6.19. The van der Waals surface area contributed by atoms with Crippen LogP contribution in [0.25, 0.3) is 0 Å². The number of hydrogen-bond donors (Lipinski definition) is 1.